The van der Waals surface area contributed by atoms with Crippen LogP contribution >= 0.6 is 0 Å². The average molecular weight is 405 g/mol. The molecule has 154 valence electrons. The highest BCUT2D eigenvalue weighted by Gasteiger charge is 2.53. The Morgan fingerprint density at radius 3 is 2.77 bits per heavy atom. The fourth-order valence-electron chi connectivity index (χ4n) is 5.83. The molecular formula is C24H24FN3O2. The van der Waals surface area contributed by atoms with Gasteiger partial charge in [0.2, 0.25) is 5.91 Å². The van der Waals surface area contributed by atoms with Crippen molar-refractivity contribution in [2.45, 2.75) is 38.0 Å². The third kappa shape index (κ3) is 2.38. The molecule has 5 nitrogen and oxygen atoms in total. The lowest BCUT2D eigenvalue weighted by Crippen LogP contribution is -2.54. The predicted octanol–water partition coefficient (Wildman–Crippen LogP) is 4.05. The molecule has 2 fully saturated rings. The van der Waals surface area contributed by atoms with Gasteiger partial charge in [-0.25, -0.2) is 4.39 Å². The van der Waals surface area contributed by atoms with Crippen LogP contribution in [-0.2, 0) is 16.1 Å². The van der Waals surface area contributed by atoms with Gasteiger partial charge in [-0.1, -0.05) is 36.4 Å². The summed E-state index contributed by atoms with van der Waals surface area (Å²) in [5.74, 6) is -0.147. The maximum Gasteiger partial charge on any atom is 0.230 e. The third-order valence-corrected chi connectivity index (χ3v) is 7.20. The van der Waals surface area contributed by atoms with Crippen molar-refractivity contribution < 1.29 is 14.0 Å². The van der Waals surface area contributed by atoms with Gasteiger partial charge in [0, 0.05) is 35.8 Å². The highest BCUT2D eigenvalue weighted by atomic mass is 19.1. The van der Waals surface area contributed by atoms with Crippen molar-refractivity contribution in [2.75, 3.05) is 13.6 Å². The second-order valence-corrected chi connectivity index (χ2v) is 8.71. The van der Waals surface area contributed by atoms with Crippen molar-refractivity contribution >= 4 is 16.8 Å². The highest BCUT2D eigenvalue weighted by molar-refractivity contribution is 5.97. The lowest BCUT2D eigenvalue weighted by Gasteiger charge is -2.44. The number of fused-ring (bicyclic) bond motifs is 6. The molecule has 4 heterocycles. The first-order valence-corrected chi connectivity index (χ1v) is 10.6. The second-order valence-electron chi connectivity index (χ2n) is 8.71. The monoisotopic (exact) mass is 405 g/mol. The first kappa shape index (κ1) is 18.1. The topological polar surface area (TPSA) is 48.6 Å². The quantitative estimate of drug-likeness (QED) is 0.664. The number of benzene rings is 2. The van der Waals surface area contributed by atoms with Crippen molar-refractivity contribution in [3.05, 3.63) is 59.5 Å². The molecule has 6 heteroatoms. The van der Waals surface area contributed by atoms with Crippen LogP contribution in [0.5, 0.6) is 0 Å². The molecule has 30 heavy (non-hydrogen) atoms. The number of rotatable bonds is 1. The number of piperidine rings is 1. The molecule has 0 saturated carbocycles. The van der Waals surface area contributed by atoms with Gasteiger partial charge in [0.1, 0.15) is 5.82 Å². The molecule has 1 amide bonds. The molecule has 3 aromatic rings. The van der Waals surface area contributed by atoms with Crippen LogP contribution in [0.15, 0.2) is 42.5 Å². The SMILES string of the molecule is C[C@@H]1ON(C)[C@H]2C[C@H]3c4[nH]c5c(-c6ccccc6F)cccc5c4CCN3C(=O)[C@@H]12. The van der Waals surface area contributed by atoms with Gasteiger partial charge in [-0.2, -0.15) is 5.06 Å². The molecule has 4 atom stereocenters. The fourth-order valence-corrected chi connectivity index (χ4v) is 5.83. The minimum Gasteiger partial charge on any atom is -0.356 e. The van der Waals surface area contributed by atoms with Crippen LogP contribution < -0.4 is 0 Å². The zero-order chi connectivity index (χ0) is 20.6. The average Bonchev–Trinajstić information content (AvgIpc) is 3.26. The molecule has 2 saturated heterocycles. The standard InChI is InChI=1S/C24H24FN3O2/c1-13-21-19(27(2)30-13)12-20-23-17(10-11-28(20)24(21)29)16-8-5-7-15(22(16)26-23)14-6-3-4-9-18(14)25/h3-9,13,19-21,26H,10-12H2,1-2H3/t13-,19-,20-,21-/m0/s1. The molecule has 0 radical (unpaired) electrons. The molecule has 6 rings (SSSR count). The highest BCUT2D eigenvalue weighted by Crippen LogP contribution is 2.46. The van der Waals surface area contributed by atoms with Crippen LogP contribution in [0.1, 0.15) is 30.6 Å². The van der Waals surface area contributed by atoms with Crippen LogP contribution in [0.3, 0.4) is 0 Å². The molecular weight excluding hydrogens is 381 g/mol. The van der Waals surface area contributed by atoms with Crippen LogP contribution in [0.4, 0.5) is 4.39 Å². The van der Waals surface area contributed by atoms with Gasteiger partial charge >= 0.3 is 0 Å². The summed E-state index contributed by atoms with van der Waals surface area (Å²) in [6.45, 7) is 2.70. The molecule has 0 unspecified atom stereocenters. The van der Waals surface area contributed by atoms with Crippen LogP contribution in [0.2, 0.25) is 0 Å². The Balaban J connectivity index is 1.49. The van der Waals surface area contributed by atoms with Crippen molar-refractivity contribution in [1.82, 2.24) is 14.9 Å². The Bertz CT molecular complexity index is 1170. The van der Waals surface area contributed by atoms with Crippen LogP contribution in [0.25, 0.3) is 22.0 Å². The maximum absolute atomic E-state index is 14.5. The van der Waals surface area contributed by atoms with Crippen molar-refractivity contribution in [3.8, 4) is 11.1 Å². The summed E-state index contributed by atoms with van der Waals surface area (Å²) >= 11 is 0. The second kappa shape index (κ2) is 6.40. The van der Waals surface area contributed by atoms with E-state index >= 15 is 0 Å². The number of carbonyl (C=O) groups excluding carboxylic acids is 1. The number of hydrogen-bond donors (Lipinski definition) is 1. The summed E-state index contributed by atoms with van der Waals surface area (Å²) in [5, 5.41) is 3.00. The number of H-pyrrole nitrogens is 1. The number of hydroxylamine groups is 2. The summed E-state index contributed by atoms with van der Waals surface area (Å²) in [6.07, 6.45) is 1.55. The van der Waals surface area contributed by atoms with E-state index in [9.17, 15) is 9.18 Å². The summed E-state index contributed by atoms with van der Waals surface area (Å²) in [4.78, 5) is 24.8. The number of para-hydroxylation sites is 1. The summed E-state index contributed by atoms with van der Waals surface area (Å²) in [6, 6.07) is 13.0. The van der Waals surface area contributed by atoms with E-state index in [1.54, 1.807) is 6.07 Å². The Kier molecular flexibility index (Phi) is 3.86. The Labute approximate surface area is 174 Å². The zero-order valence-corrected chi connectivity index (χ0v) is 17.1. The van der Waals surface area contributed by atoms with Gasteiger partial charge < -0.3 is 9.88 Å². The predicted molar refractivity (Wildman–Crippen MR) is 112 cm³/mol. The molecule has 2 aromatic carbocycles. The van der Waals surface area contributed by atoms with Gasteiger partial charge in [-0.3, -0.25) is 9.63 Å². The minimum absolute atomic E-state index is 0.000259. The molecule has 0 spiro atoms. The van der Waals surface area contributed by atoms with Gasteiger partial charge in [-0.15, -0.1) is 0 Å². The van der Waals surface area contributed by atoms with Crippen molar-refractivity contribution in [2.24, 2.45) is 5.92 Å². The summed E-state index contributed by atoms with van der Waals surface area (Å²) < 4.78 is 14.5. The first-order chi connectivity index (χ1) is 14.5. The first-order valence-electron chi connectivity index (χ1n) is 10.6. The van der Waals surface area contributed by atoms with E-state index in [1.807, 2.05) is 48.2 Å². The third-order valence-electron chi connectivity index (χ3n) is 7.20. The number of nitrogens with one attached hydrogen (secondary N) is 1. The van der Waals surface area contributed by atoms with E-state index in [-0.39, 0.29) is 35.8 Å². The molecule has 0 bridgehead atoms. The molecule has 3 aliphatic heterocycles. The van der Waals surface area contributed by atoms with Gasteiger partial charge in [0.15, 0.2) is 0 Å². The number of aromatic amines is 1. The van der Waals surface area contributed by atoms with Gasteiger partial charge in [-0.05, 0) is 31.4 Å². The van der Waals surface area contributed by atoms with Crippen LogP contribution in [-0.4, -0.2) is 46.6 Å². The van der Waals surface area contributed by atoms with E-state index in [2.05, 4.69) is 11.1 Å². The number of hydrogen-bond acceptors (Lipinski definition) is 3. The Hall–Kier alpha value is -2.70. The summed E-state index contributed by atoms with van der Waals surface area (Å²) in [5.41, 5.74) is 4.76. The van der Waals surface area contributed by atoms with Gasteiger partial charge in [0.05, 0.1) is 29.6 Å². The van der Waals surface area contributed by atoms with E-state index in [4.69, 9.17) is 4.84 Å². The number of nitrogens with zero attached hydrogens (tertiary/aromatic N) is 2. The van der Waals surface area contributed by atoms with E-state index in [1.165, 1.54) is 11.6 Å². The Morgan fingerprint density at radius 2 is 1.93 bits per heavy atom. The lowest BCUT2D eigenvalue weighted by molar-refractivity contribution is -0.146. The zero-order valence-electron chi connectivity index (χ0n) is 17.1. The molecule has 1 N–H and O–H groups in total. The molecule has 1 aromatic heterocycles. The molecule has 3 aliphatic rings. The largest absolute Gasteiger partial charge is 0.356 e. The normalized spacial score (nSPS) is 28.5. The van der Waals surface area contributed by atoms with Crippen LogP contribution in [0, 0.1) is 11.7 Å². The van der Waals surface area contributed by atoms with Gasteiger partial charge in [0.25, 0.3) is 0 Å². The molecule has 0 aliphatic carbocycles. The smallest absolute Gasteiger partial charge is 0.230 e. The van der Waals surface area contributed by atoms with Crippen molar-refractivity contribution in [1.29, 1.82) is 0 Å². The maximum atomic E-state index is 14.5. The minimum atomic E-state index is -0.228. The van der Waals surface area contributed by atoms with E-state index < -0.39 is 0 Å². The number of amides is 1. The number of carbonyl (C=O) groups is 1. The Morgan fingerprint density at radius 1 is 1.13 bits per heavy atom. The van der Waals surface area contributed by atoms with E-state index in [0.29, 0.717) is 12.1 Å². The number of aromatic nitrogens is 1. The van der Waals surface area contributed by atoms with Crippen molar-refractivity contribution in [3.63, 3.8) is 0 Å². The lowest BCUT2D eigenvalue weighted by atomic mass is 9.80. The summed E-state index contributed by atoms with van der Waals surface area (Å²) in [7, 11) is 1.93. The fraction of sp³-hybridized carbons (Fsp3) is 0.375. The van der Waals surface area contributed by atoms with E-state index in [0.717, 1.165) is 35.0 Å². The number of halogens is 1.